The molecule has 5 heteroatoms. The highest BCUT2D eigenvalue weighted by molar-refractivity contribution is 5.66. The molecule has 1 aliphatic rings. The van der Waals surface area contributed by atoms with E-state index in [0.29, 0.717) is 6.54 Å². The second-order valence-electron chi connectivity index (χ2n) is 3.74. The molecule has 0 bridgehead atoms. The fraction of sp³-hybridized carbons (Fsp3) is 0.900. The number of hydrogen-bond acceptors (Lipinski definition) is 3. The molecule has 1 saturated heterocycles. The van der Waals surface area contributed by atoms with Gasteiger partial charge >= 0.3 is 5.97 Å². The van der Waals surface area contributed by atoms with Gasteiger partial charge in [0.1, 0.15) is 6.67 Å². The average molecular weight is 219 g/mol. The molecule has 0 unspecified atom stereocenters. The number of ether oxygens (including phenoxy) is 1. The van der Waals surface area contributed by atoms with Crippen LogP contribution >= 0.6 is 0 Å². The average Bonchev–Trinajstić information content (AvgIpc) is 2.20. The summed E-state index contributed by atoms with van der Waals surface area (Å²) in [6.45, 7) is 2.18. The molecule has 0 saturated carbocycles. The molecule has 0 amide bonds. The maximum Gasteiger partial charge on any atom is 0.305 e. The van der Waals surface area contributed by atoms with Gasteiger partial charge in [0.05, 0.1) is 19.1 Å². The first kappa shape index (κ1) is 12.4. The Morgan fingerprint density at radius 1 is 1.47 bits per heavy atom. The summed E-state index contributed by atoms with van der Waals surface area (Å²) < 4.78 is 17.4. The van der Waals surface area contributed by atoms with Crippen LogP contribution in [0.3, 0.4) is 0 Å². The van der Waals surface area contributed by atoms with Crippen molar-refractivity contribution in [1.82, 2.24) is 4.90 Å². The van der Waals surface area contributed by atoms with E-state index >= 15 is 0 Å². The van der Waals surface area contributed by atoms with Crippen molar-refractivity contribution in [2.45, 2.75) is 25.4 Å². The Labute approximate surface area is 89.0 Å². The first-order valence-electron chi connectivity index (χ1n) is 5.34. The van der Waals surface area contributed by atoms with E-state index in [1.54, 1.807) is 0 Å². The quantitative estimate of drug-likeness (QED) is 0.721. The Bertz CT molecular complexity index is 193. The molecule has 1 fully saturated rings. The standard InChI is InChI=1S/C10H18FNO3/c11-4-7-12-5-1-9(2-6-12)15-8-3-10(13)14/h9H,1-8H2,(H,13,14). The maximum absolute atomic E-state index is 12.0. The van der Waals surface area contributed by atoms with Crippen molar-refractivity contribution in [3.05, 3.63) is 0 Å². The van der Waals surface area contributed by atoms with E-state index in [4.69, 9.17) is 9.84 Å². The number of hydrogen-bond donors (Lipinski definition) is 1. The Morgan fingerprint density at radius 3 is 2.67 bits per heavy atom. The summed E-state index contributed by atoms with van der Waals surface area (Å²) in [4.78, 5) is 12.3. The third kappa shape index (κ3) is 5.09. The highest BCUT2D eigenvalue weighted by atomic mass is 19.1. The molecule has 0 aromatic carbocycles. The van der Waals surface area contributed by atoms with Crippen molar-refractivity contribution < 1.29 is 19.0 Å². The van der Waals surface area contributed by atoms with E-state index in [-0.39, 0.29) is 25.8 Å². The first-order valence-corrected chi connectivity index (χ1v) is 5.34. The van der Waals surface area contributed by atoms with Crippen molar-refractivity contribution in [2.24, 2.45) is 0 Å². The summed E-state index contributed by atoms with van der Waals surface area (Å²) in [6.07, 6.45) is 1.96. The molecule has 1 heterocycles. The van der Waals surface area contributed by atoms with Crippen LogP contribution in [0, 0.1) is 0 Å². The summed E-state index contributed by atoms with van der Waals surface area (Å²) in [7, 11) is 0. The minimum Gasteiger partial charge on any atom is -0.481 e. The van der Waals surface area contributed by atoms with Crippen molar-refractivity contribution in [3.8, 4) is 0 Å². The normalized spacial score (nSPS) is 19.3. The van der Waals surface area contributed by atoms with Gasteiger partial charge in [-0.3, -0.25) is 4.79 Å². The van der Waals surface area contributed by atoms with E-state index < -0.39 is 5.97 Å². The summed E-state index contributed by atoms with van der Waals surface area (Å²) in [5, 5.41) is 8.43. The van der Waals surface area contributed by atoms with Crippen molar-refractivity contribution in [2.75, 3.05) is 32.9 Å². The van der Waals surface area contributed by atoms with Gasteiger partial charge in [-0.2, -0.15) is 0 Å². The first-order chi connectivity index (χ1) is 7.22. The van der Waals surface area contributed by atoms with Crippen LogP contribution in [0.1, 0.15) is 19.3 Å². The van der Waals surface area contributed by atoms with E-state index in [1.165, 1.54) is 0 Å². The van der Waals surface area contributed by atoms with Crippen LogP contribution in [-0.2, 0) is 9.53 Å². The molecule has 4 nitrogen and oxygen atoms in total. The zero-order chi connectivity index (χ0) is 11.1. The molecule has 0 spiro atoms. The number of carboxylic acids is 1. The van der Waals surface area contributed by atoms with E-state index in [0.717, 1.165) is 25.9 Å². The van der Waals surface area contributed by atoms with Crippen LogP contribution in [0.5, 0.6) is 0 Å². The third-order valence-corrected chi connectivity index (χ3v) is 2.60. The summed E-state index contributed by atoms with van der Waals surface area (Å²) >= 11 is 0. The van der Waals surface area contributed by atoms with E-state index in [2.05, 4.69) is 4.90 Å². The predicted octanol–water partition coefficient (Wildman–Crippen LogP) is 0.912. The monoisotopic (exact) mass is 219 g/mol. The smallest absolute Gasteiger partial charge is 0.305 e. The van der Waals surface area contributed by atoms with E-state index in [1.807, 2.05) is 0 Å². The van der Waals surface area contributed by atoms with Gasteiger partial charge in [0.2, 0.25) is 0 Å². The van der Waals surface area contributed by atoms with Gasteiger partial charge in [0.25, 0.3) is 0 Å². The lowest BCUT2D eigenvalue weighted by Gasteiger charge is -2.31. The Morgan fingerprint density at radius 2 is 2.13 bits per heavy atom. The lowest BCUT2D eigenvalue weighted by Crippen LogP contribution is -2.38. The van der Waals surface area contributed by atoms with E-state index in [9.17, 15) is 9.18 Å². The maximum atomic E-state index is 12.0. The number of halogens is 1. The Kier molecular flexibility index (Phi) is 5.57. The van der Waals surface area contributed by atoms with Gasteiger partial charge in [-0.1, -0.05) is 0 Å². The molecule has 1 N–H and O–H groups in total. The minimum absolute atomic E-state index is 0.0602. The van der Waals surface area contributed by atoms with Crippen LogP contribution in [-0.4, -0.2) is 55.0 Å². The fourth-order valence-corrected chi connectivity index (χ4v) is 1.73. The SMILES string of the molecule is O=C(O)CCOC1CCN(CCF)CC1. The van der Waals surface area contributed by atoms with Gasteiger partial charge < -0.3 is 14.7 Å². The van der Waals surface area contributed by atoms with Crippen molar-refractivity contribution in [1.29, 1.82) is 0 Å². The van der Waals surface area contributed by atoms with Gasteiger partial charge in [-0.25, -0.2) is 4.39 Å². The molecule has 0 atom stereocenters. The van der Waals surface area contributed by atoms with Crippen LogP contribution in [0.25, 0.3) is 0 Å². The Hall–Kier alpha value is -0.680. The number of likely N-dealkylation sites (tertiary alicyclic amines) is 1. The molecular formula is C10H18FNO3. The number of piperidine rings is 1. The minimum atomic E-state index is -0.829. The predicted molar refractivity (Wildman–Crippen MR) is 53.6 cm³/mol. The van der Waals surface area contributed by atoms with Crippen LogP contribution in [0.2, 0.25) is 0 Å². The molecule has 0 aromatic heterocycles. The Balaban J connectivity index is 2.06. The van der Waals surface area contributed by atoms with Crippen LogP contribution in [0.15, 0.2) is 0 Å². The molecule has 1 aliphatic heterocycles. The number of carbonyl (C=O) groups is 1. The largest absolute Gasteiger partial charge is 0.481 e. The fourth-order valence-electron chi connectivity index (χ4n) is 1.73. The number of carboxylic acid groups (broad SMARTS) is 1. The summed E-state index contributed by atoms with van der Waals surface area (Å²) in [5.74, 6) is -0.829. The second kappa shape index (κ2) is 6.74. The number of nitrogens with zero attached hydrogens (tertiary/aromatic N) is 1. The lowest BCUT2D eigenvalue weighted by molar-refractivity contribution is -0.138. The summed E-state index contributed by atoms with van der Waals surface area (Å²) in [5.41, 5.74) is 0. The molecular weight excluding hydrogens is 201 g/mol. The zero-order valence-corrected chi connectivity index (χ0v) is 8.82. The van der Waals surface area contributed by atoms with Gasteiger partial charge in [0.15, 0.2) is 0 Å². The molecule has 0 aliphatic carbocycles. The molecule has 1 rings (SSSR count). The summed E-state index contributed by atoms with van der Waals surface area (Å²) in [6, 6.07) is 0. The van der Waals surface area contributed by atoms with Gasteiger partial charge in [-0.05, 0) is 12.8 Å². The van der Waals surface area contributed by atoms with Gasteiger partial charge in [0, 0.05) is 19.6 Å². The zero-order valence-electron chi connectivity index (χ0n) is 8.82. The highest BCUT2D eigenvalue weighted by Crippen LogP contribution is 2.13. The number of alkyl halides is 1. The molecule has 15 heavy (non-hydrogen) atoms. The lowest BCUT2D eigenvalue weighted by atomic mass is 10.1. The number of aliphatic carboxylic acids is 1. The van der Waals surface area contributed by atoms with Crippen LogP contribution < -0.4 is 0 Å². The second-order valence-corrected chi connectivity index (χ2v) is 3.74. The highest BCUT2D eigenvalue weighted by Gasteiger charge is 2.19. The van der Waals surface area contributed by atoms with Gasteiger partial charge in [-0.15, -0.1) is 0 Å². The molecule has 88 valence electrons. The topological polar surface area (TPSA) is 49.8 Å². The van der Waals surface area contributed by atoms with Crippen molar-refractivity contribution >= 4 is 5.97 Å². The third-order valence-electron chi connectivity index (χ3n) is 2.60. The van der Waals surface area contributed by atoms with Crippen LogP contribution in [0.4, 0.5) is 4.39 Å². The van der Waals surface area contributed by atoms with Crippen molar-refractivity contribution in [3.63, 3.8) is 0 Å². The number of rotatable bonds is 6. The molecule has 0 aromatic rings. The molecule has 0 radical (unpaired) electrons.